The van der Waals surface area contributed by atoms with Crippen LogP contribution < -0.4 is 4.72 Å². The summed E-state index contributed by atoms with van der Waals surface area (Å²) in [4.78, 5) is 15.4. The maximum Gasteiger partial charge on any atom is 0.511 e. The van der Waals surface area contributed by atoms with Crippen LogP contribution in [0.15, 0.2) is 48.5 Å². The maximum absolute atomic E-state index is 13.9. The van der Waals surface area contributed by atoms with E-state index in [1.54, 1.807) is 4.72 Å². The normalized spacial score (nSPS) is 15.7. The molecule has 1 amide bonds. The summed E-state index contributed by atoms with van der Waals surface area (Å²) in [5.74, 6) is -0.291. The summed E-state index contributed by atoms with van der Waals surface area (Å²) in [7, 11) is -5.72. The number of unbranched alkanes of at least 4 members (excludes halogenated alkanes) is 1. The molecule has 0 spiro atoms. The van der Waals surface area contributed by atoms with Crippen LogP contribution in [0.3, 0.4) is 0 Å². The van der Waals surface area contributed by atoms with Gasteiger partial charge in [0.1, 0.15) is 5.54 Å². The molecule has 13 heteroatoms. The quantitative estimate of drug-likeness (QED) is 0.365. The van der Waals surface area contributed by atoms with Crippen molar-refractivity contribution in [1.29, 1.82) is 0 Å². The van der Waals surface area contributed by atoms with Gasteiger partial charge in [0.25, 0.3) is 0 Å². The van der Waals surface area contributed by atoms with Gasteiger partial charge in [-0.2, -0.15) is 23.1 Å². The fourth-order valence-corrected chi connectivity index (χ4v) is 5.90. The number of benzene rings is 2. The van der Waals surface area contributed by atoms with E-state index in [0.717, 1.165) is 17.5 Å². The van der Waals surface area contributed by atoms with E-state index in [9.17, 15) is 26.4 Å². The van der Waals surface area contributed by atoms with Crippen LogP contribution in [0.5, 0.6) is 0 Å². The van der Waals surface area contributed by atoms with Crippen molar-refractivity contribution in [1.82, 2.24) is 30.2 Å². The zero-order valence-corrected chi connectivity index (χ0v) is 22.4. The third-order valence-corrected chi connectivity index (χ3v) is 8.22. The SMILES string of the molecule is CCCCN(Cc1ccc(-c2ccccc2)c(-c2nn[nH]n2)c1)C(=O)C1(NS(=O)(=O)C(F)(F)F)CCCCC1. The lowest BCUT2D eigenvalue weighted by molar-refractivity contribution is -0.140. The van der Waals surface area contributed by atoms with Gasteiger partial charge < -0.3 is 4.90 Å². The highest BCUT2D eigenvalue weighted by Gasteiger charge is 2.53. The summed E-state index contributed by atoms with van der Waals surface area (Å²) < 4.78 is 66.1. The molecule has 210 valence electrons. The van der Waals surface area contributed by atoms with Gasteiger partial charge in [0.2, 0.25) is 11.7 Å². The highest BCUT2D eigenvalue weighted by molar-refractivity contribution is 7.90. The molecule has 1 aromatic heterocycles. The predicted octanol–water partition coefficient (Wildman–Crippen LogP) is 4.80. The number of amides is 1. The van der Waals surface area contributed by atoms with E-state index in [1.165, 1.54) is 4.90 Å². The first-order valence-electron chi connectivity index (χ1n) is 12.9. The standard InChI is InChI=1S/C26H31F3N6O3S/c1-2-3-16-35(24(36)25(14-8-5-9-15-25)32-39(37,38)26(27,28)29)18-19-12-13-21(20-10-6-4-7-11-20)22(17-19)23-30-33-34-31-23/h4,6-7,10-13,17,32H,2-3,5,8-9,14-16,18H2,1H3,(H,30,31,33,34). The van der Waals surface area contributed by atoms with E-state index in [-0.39, 0.29) is 25.9 Å². The Morgan fingerprint density at radius 1 is 1.08 bits per heavy atom. The van der Waals surface area contributed by atoms with Gasteiger partial charge in [0.15, 0.2) is 0 Å². The van der Waals surface area contributed by atoms with Crippen LogP contribution >= 0.6 is 0 Å². The molecule has 1 fully saturated rings. The first-order valence-corrected chi connectivity index (χ1v) is 14.4. The third kappa shape index (κ3) is 6.47. The molecule has 1 heterocycles. The van der Waals surface area contributed by atoms with Crippen LogP contribution in [0, 0.1) is 0 Å². The molecule has 4 rings (SSSR count). The number of hydrogen-bond acceptors (Lipinski definition) is 6. The maximum atomic E-state index is 13.9. The Morgan fingerprint density at radius 2 is 1.79 bits per heavy atom. The van der Waals surface area contributed by atoms with Crippen molar-refractivity contribution in [2.24, 2.45) is 0 Å². The summed E-state index contributed by atoms with van der Waals surface area (Å²) in [6.45, 7) is 2.28. The van der Waals surface area contributed by atoms with E-state index in [0.29, 0.717) is 42.6 Å². The topological polar surface area (TPSA) is 121 Å². The molecule has 0 unspecified atom stereocenters. The number of carbonyl (C=O) groups is 1. The number of tetrazole rings is 1. The zero-order valence-electron chi connectivity index (χ0n) is 21.5. The number of sulfonamides is 1. The third-order valence-electron chi connectivity index (χ3n) is 6.95. The number of aromatic amines is 1. The molecule has 2 aromatic carbocycles. The van der Waals surface area contributed by atoms with Crippen LogP contribution in [-0.2, 0) is 21.4 Å². The van der Waals surface area contributed by atoms with Crippen molar-refractivity contribution in [3.8, 4) is 22.5 Å². The lowest BCUT2D eigenvalue weighted by Crippen LogP contribution is -2.62. The number of nitrogens with one attached hydrogen (secondary N) is 2. The van der Waals surface area contributed by atoms with Crippen LogP contribution in [0.2, 0.25) is 0 Å². The van der Waals surface area contributed by atoms with Gasteiger partial charge in [-0.05, 0) is 47.2 Å². The second-order valence-corrected chi connectivity index (χ2v) is 11.4. The summed E-state index contributed by atoms with van der Waals surface area (Å²) >= 11 is 0. The fourth-order valence-electron chi connectivity index (χ4n) is 4.97. The Balaban J connectivity index is 1.70. The van der Waals surface area contributed by atoms with Gasteiger partial charge in [-0.25, -0.2) is 8.42 Å². The monoisotopic (exact) mass is 564 g/mol. The molecule has 2 N–H and O–H groups in total. The van der Waals surface area contributed by atoms with Crippen molar-refractivity contribution < 1.29 is 26.4 Å². The first kappa shape index (κ1) is 28.7. The Morgan fingerprint density at radius 3 is 2.41 bits per heavy atom. The zero-order chi connectivity index (χ0) is 28.1. The number of alkyl halides is 3. The van der Waals surface area contributed by atoms with Crippen molar-refractivity contribution in [2.45, 2.75) is 69.5 Å². The minimum absolute atomic E-state index is 0.00478. The minimum atomic E-state index is -5.72. The van der Waals surface area contributed by atoms with Crippen LogP contribution in [0.25, 0.3) is 22.5 Å². The number of carbonyl (C=O) groups excluding carboxylic acids is 1. The number of H-pyrrole nitrogens is 1. The fraction of sp³-hybridized carbons (Fsp3) is 0.462. The Labute approximate surface area is 225 Å². The summed E-state index contributed by atoms with van der Waals surface area (Å²) in [6.07, 6.45) is 2.96. The van der Waals surface area contributed by atoms with Crippen LogP contribution in [-0.4, -0.2) is 57.4 Å². The summed E-state index contributed by atoms with van der Waals surface area (Å²) in [6, 6.07) is 15.1. The molecule has 1 aliphatic rings. The smallest absolute Gasteiger partial charge is 0.337 e. The lowest BCUT2D eigenvalue weighted by Gasteiger charge is -2.40. The Bertz CT molecular complexity index is 1360. The Kier molecular flexibility index (Phi) is 8.70. The second kappa shape index (κ2) is 11.8. The minimum Gasteiger partial charge on any atom is -0.337 e. The van der Waals surface area contributed by atoms with Gasteiger partial charge >= 0.3 is 15.5 Å². The molecule has 0 bridgehead atoms. The van der Waals surface area contributed by atoms with Gasteiger partial charge in [0, 0.05) is 18.7 Å². The first-order chi connectivity index (χ1) is 18.6. The average Bonchev–Trinajstić information content (AvgIpc) is 3.46. The average molecular weight is 565 g/mol. The highest BCUT2D eigenvalue weighted by Crippen LogP contribution is 2.35. The predicted molar refractivity (Wildman–Crippen MR) is 139 cm³/mol. The van der Waals surface area contributed by atoms with E-state index < -0.39 is 27.0 Å². The molecule has 9 nitrogen and oxygen atoms in total. The number of aromatic nitrogens is 4. The van der Waals surface area contributed by atoms with Crippen LogP contribution in [0.4, 0.5) is 13.2 Å². The van der Waals surface area contributed by atoms with Gasteiger partial charge in [-0.3, -0.25) is 4.79 Å². The van der Waals surface area contributed by atoms with E-state index in [2.05, 4.69) is 20.6 Å². The summed E-state index contributed by atoms with van der Waals surface area (Å²) in [5, 5.41) is 14.3. The molecule has 1 saturated carbocycles. The van der Waals surface area contributed by atoms with Crippen molar-refractivity contribution in [3.05, 3.63) is 54.1 Å². The van der Waals surface area contributed by atoms with E-state index in [1.807, 2.05) is 55.5 Å². The molecular formula is C26H31F3N6O3S. The molecule has 0 aliphatic heterocycles. The van der Waals surface area contributed by atoms with Gasteiger partial charge in [-0.1, -0.05) is 75.1 Å². The van der Waals surface area contributed by atoms with Crippen LogP contribution in [0.1, 0.15) is 57.4 Å². The van der Waals surface area contributed by atoms with E-state index in [4.69, 9.17) is 0 Å². The molecule has 0 saturated heterocycles. The van der Waals surface area contributed by atoms with Gasteiger partial charge in [-0.15, -0.1) is 10.2 Å². The van der Waals surface area contributed by atoms with Crippen molar-refractivity contribution >= 4 is 15.9 Å². The molecule has 0 atom stereocenters. The number of halogens is 3. The van der Waals surface area contributed by atoms with E-state index >= 15 is 0 Å². The largest absolute Gasteiger partial charge is 0.511 e. The summed E-state index contributed by atoms with van der Waals surface area (Å²) in [5.41, 5.74) is -4.23. The Hall–Kier alpha value is -3.32. The van der Waals surface area contributed by atoms with Crippen molar-refractivity contribution in [3.63, 3.8) is 0 Å². The highest BCUT2D eigenvalue weighted by atomic mass is 32.2. The number of nitrogens with zero attached hydrogens (tertiary/aromatic N) is 4. The molecule has 0 radical (unpaired) electrons. The molecule has 3 aromatic rings. The van der Waals surface area contributed by atoms with Gasteiger partial charge in [0.05, 0.1) is 0 Å². The molecule has 39 heavy (non-hydrogen) atoms. The number of hydrogen-bond donors (Lipinski definition) is 2. The molecular weight excluding hydrogens is 533 g/mol. The lowest BCUT2D eigenvalue weighted by atomic mass is 9.81. The molecule has 1 aliphatic carbocycles. The number of rotatable bonds is 10. The van der Waals surface area contributed by atoms with Crippen molar-refractivity contribution in [2.75, 3.05) is 6.54 Å². The second-order valence-electron chi connectivity index (χ2n) is 9.76.